The molecular formula is C16H22Ti. The van der Waals surface area contributed by atoms with Crippen molar-refractivity contribution in [3.05, 3.63) is 59.7 Å². The van der Waals surface area contributed by atoms with Crippen molar-refractivity contribution in [2.45, 2.75) is 39.5 Å². The second-order valence-corrected chi connectivity index (χ2v) is 4.75. The van der Waals surface area contributed by atoms with Gasteiger partial charge in [0.1, 0.15) is 0 Å². The van der Waals surface area contributed by atoms with Gasteiger partial charge in [-0.05, 0) is 0 Å². The maximum absolute atomic E-state index is 2.20. The second-order valence-electron chi connectivity index (χ2n) is 4.75. The van der Waals surface area contributed by atoms with Crippen LogP contribution in [0.1, 0.15) is 50.7 Å². The number of rotatable bonds is 2. The first-order valence-electron chi connectivity index (χ1n) is 6.04. The van der Waals surface area contributed by atoms with Gasteiger partial charge in [0.25, 0.3) is 0 Å². The first kappa shape index (κ1) is 16.4. The molecule has 0 saturated heterocycles. The van der Waals surface area contributed by atoms with Crippen LogP contribution in [0.3, 0.4) is 0 Å². The topological polar surface area (TPSA) is 0 Å². The van der Waals surface area contributed by atoms with Crippen LogP contribution in [0.15, 0.2) is 48.5 Å². The van der Waals surface area contributed by atoms with E-state index in [0.717, 1.165) is 0 Å². The molecule has 0 amide bonds. The predicted molar refractivity (Wildman–Crippen MR) is 72.2 cm³/mol. The molecule has 2 aromatic carbocycles. The standard InChI is InChI=1S/2C8H11.Ti/c2*1-7(2)8-5-3-4-6-8;/h2*3-7H,1-2H3;/q2*-1;+2. The molecule has 0 nitrogen and oxygen atoms in total. The zero-order chi connectivity index (χ0) is 12.0. The van der Waals surface area contributed by atoms with Gasteiger partial charge in [-0.3, -0.25) is 0 Å². The Morgan fingerprint density at radius 2 is 0.824 bits per heavy atom. The van der Waals surface area contributed by atoms with Gasteiger partial charge >= 0.3 is 21.7 Å². The van der Waals surface area contributed by atoms with E-state index in [1.165, 1.54) is 11.1 Å². The molecule has 1 heteroatoms. The summed E-state index contributed by atoms with van der Waals surface area (Å²) in [7, 11) is 0. The predicted octanol–water partition coefficient (Wildman–Crippen LogP) is 5.06. The van der Waals surface area contributed by atoms with Crippen LogP contribution in [-0.2, 0) is 21.7 Å². The number of hydrogen-bond donors (Lipinski definition) is 0. The van der Waals surface area contributed by atoms with E-state index in [1.807, 2.05) is 0 Å². The normalized spacial score (nSPS) is 9.76. The molecule has 0 spiro atoms. The molecule has 90 valence electrons. The van der Waals surface area contributed by atoms with Crippen LogP contribution in [0.25, 0.3) is 0 Å². The molecule has 0 aliphatic heterocycles. The Bertz CT molecular complexity index is 314. The molecule has 0 aromatic heterocycles. The Morgan fingerprint density at radius 1 is 0.588 bits per heavy atom. The van der Waals surface area contributed by atoms with Gasteiger partial charge in [-0.1, -0.05) is 39.5 Å². The molecular weight excluding hydrogens is 240 g/mol. The largest absolute Gasteiger partial charge is 2.00 e. The Morgan fingerprint density at radius 3 is 0.941 bits per heavy atom. The Labute approximate surface area is 121 Å². The van der Waals surface area contributed by atoms with E-state index in [4.69, 9.17) is 0 Å². The minimum absolute atomic E-state index is 0. The summed E-state index contributed by atoms with van der Waals surface area (Å²) in [6, 6.07) is 16.9. The van der Waals surface area contributed by atoms with Crippen LogP contribution in [0, 0.1) is 0 Å². The van der Waals surface area contributed by atoms with E-state index >= 15 is 0 Å². The van der Waals surface area contributed by atoms with Crippen molar-refractivity contribution >= 4 is 0 Å². The fraction of sp³-hybridized carbons (Fsp3) is 0.375. The number of hydrogen-bond acceptors (Lipinski definition) is 0. The van der Waals surface area contributed by atoms with Gasteiger partial charge in [-0.2, -0.15) is 35.4 Å². The molecule has 0 aliphatic rings. The van der Waals surface area contributed by atoms with Gasteiger partial charge in [0.05, 0.1) is 0 Å². The van der Waals surface area contributed by atoms with Crippen molar-refractivity contribution in [2.24, 2.45) is 0 Å². The molecule has 17 heavy (non-hydrogen) atoms. The van der Waals surface area contributed by atoms with Crippen LogP contribution < -0.4 is 0 Å². The van der Waals surface area contributed by atoms with E-state index in [-0.39, 0.29) is 21.7 Å². The fourth-order valence-corrected chi connectivity index (χ4v) is 1.55. The molecule has 0 aliphatic carbocycles. The summed E-state index contributed by atoms with van der Waals surface area (Å²) < 4.78 is 0. The average molecular weight is 262 g/mol. The Hall–Kier alpha value is -0.586. The quantitative estimate of drug-likeness (QED) is 0.524. The molecule has 0 atom stereocenters. The minimum Gasteiger partial charge on any atom is -0.213 e. The summed E-state index contributed by atoms with van der Waals surface area (Å²) in [5, 5.41) is 0. The van der Waals surface area contributed by atoms with E-state index in [1.54, 1.807) is 0 Å². The molecule has 0 heterocycles. The first-order chi connectivity index (χ1) is 7.61. The average Bonchev–Trinajstić information content (AvgIpc) is 2.93. The fourth-order valence-electron chi connectivity index (χ4n) is 1.55. The minimum atomic E-state index is 0. The molecule has 2 rings (SSSR count). The van der Waals surface area contributed by atoms with Crippen molar-refractivity contribution in [3.63, 3.8) is 0 Å². The maximum atomic E-state index is 2.20. The van der Waals surface area contributed by atoms with Crippen LogP contribution in [0.2, 0.25) is 0 Å². The smallest absolute Gasteiger partial charge is 0.213 e. The SMILES string of the molecule is CC(C)[c-]1cccc1.CC(C)[c-]1cccc1.[Ti+2]. The third kappa shape index (κ3) is 6.05. The summed E-state index contributed by atoms with van der Waals surface area (Å²) in [5.74, 6) is 1.37. The summed E-state index contributed by atoms with van der Waals surface area (Å²) in [6.45, 7) is 8.81. The Kier molecular flexibility index (Phi) is 8.20. The summed E-state index contributed by atoms with van der Waals surface area (Å²) in [6.07, 6.45) is 0. The summed E-state index contributed by atoms with van der Waals surface area (Å²) >= 11 is 0. The molecule has 0 saturated carbocycles. The van der Waals surface area contributed by atoms with E-state index < -0.39 is 0 Å². The van der Waals surface area contributed by atoms with Crippen LogP contribution in [-0.4, -0.2) is 0 Å². The molecule has 0 unspecified atom stereocenters. The van der Waals surface area contributed by atoms with Crippen LogP contribution in [0.5, 0.6) is 0 Å². The van der Waals surface area contributed by atoms with E-state index in [0.29, 0.717) is 11.8 Å². The third-order valence-electron chi connectivity index (χ3n) is 2.71. The van der Waals surface area contributed by atoms with Crippen LogP contribution in [0.4, 0.5) is 0 Å². The third-order valence-corrected chi connectivity index (χ3v) is 2.71. The van der Waals surface area contributed by atoms with Crippen molar-refractivity contribution in [2.75, 3.05) is 0 Å². The second kappa shape index (κ2) is 8.50. The zero-order valence-corrected chi connectivity index (χ0v) is 12.8. The maximum Gasteiger partial charge on any atom is 2.00 e. The summed E-state index contributed by atoms with van der Waals surface area (Å²) in [5.41, 5.74) is 2.87. The van der Waals surface area contributed by atoms with Crippen molar-refractivity contribution in [1.29, 1.82) is 0 Å². The molecule has 0 bridgehead atoms. The first-order valence-corrected chi connectivity index (χ1v) is 6.04. The van der Waals surface area contributed by atoms with Crippen molar-refractivity contribution in [1.82, 2.24) is 0 Å². The molecule has 0 N–H and O–H groups in total. The van der Waals surface area contributed by atoms with Crippen molar-refractivity contribution in [3.8, 4) is 0 Å². The van der Waals surface area contributed by atoms with E-state index in [9.17, 15) is 0 Å². The van der Waals surface area contributed by atoms with Gasteiger partial charge in [0.15, 0.2) is 0 Å². The zero-order valence-electron chi connectivity index (χ0n) is 11.3. The Balaban J connectivity index is 0.000000284. The molecule has 2 aromatic rings. The van der Waals surface area contributed by atoms with Gasteiger partial charge in [0.2, 0.25) is 0 Å². The van der Waals surface area contributed by atoms with Gasteiger partial charge < -0.3 is 0 Å². The van der Waals surface area contributed by atoms with Crippen molar-refractivity contribution < 1.29 is 21.7 Å². The van der Waals surface area contributed by atoms with Crippen LogP contribution >= 0.6 is 0 Å². The van der Waals surface area contributed by atoms with E-state index in [2.05, 4.69) is 76.2 Å². The summed E-state index contributed by atoms with van der Waals surface area (Å²) in [4.78, 5) is 0. The van der Waals surface area contributed by atoms with Gasteiger partial charge in [-0.15, -0.1) is 0 Å². The monoisotopic (exact) mass is 262 g/mol. The molecule has 0 radical (unpaired) electrons. The van der Waals surface area contributed by atoms with Gasteiger partial charge in [-0.25, -0.2) is 24.3 Å². The molecule has 0 fully saturated rings. The van der Waals surface area contributed by atoms with Gasteiger partial charge in [0, 0.05) is 0 Å².